The molecule has 1 saturated heterocycles. The van der Waals surface area contributed by atoms with E-state index in [4.69, 9.17) is 0 Å². The lowest BCUT2D eigenvalue weighted by Gasteiger charge is -2.25. The van der Waals surface area contributed by atoms with Crippen LogP contribution < -0.4 is 4.90 Å². The van der Waals surface area contributed by atoms with Gasteiger partial charge in [0.2, 0.25) is 0 Å². The second kappa shape index (κ2) is 7.88. The molecule has 1 amide bonds. The van der Waals surface area contributed by atoms with Crippen molar-refractivity contribution in [2.24, 2.45) is 0 Å². The number of rotatable bonds is 3. The van der Waals surface area contributed by atoms with Crippen LogP contribution in [0.15, 0.2) is 82.8 Å². The Morgan fingerprint density at radius 2 is 1.70 bits per heavy atom. The molecule has 3 aromatic carbocycles. The number of nitrogens with zero attached hydrogens (tertiary/aromatic N) is 1. The van der Waals surface area contributed by atoms with Crippen LogP contribution in [0.3, 0.4) is 0 Å². The molecule has 0 saturated carbocycles. The fourth-order valence-electron chi connectivity index (χ4n) is 3.64. The summed E-state index contributed by atoms with van der Waals surface area (Å²) in [6.45, 7) is 1.90. The molecule has 0 bridgehead atoms. The molecule has 0 radical (unpaired) electrons. The van der Waals surface area contributed by atoms with Crippen molar-refractivity contribution in [2.45, 2.75) is 13.0 Å². The van der Waals surface area contributed by atoms with Crippen LogP contribution in [0.5, 0.6) is 0 Å². The van der Waals surface area contributed by atoms with E-state index in [0.29, 0.717) is 11.1 Å². The van der Waals surface area contributed by atoms with Gasteiger partial charge in [-0.05, 0) is 42.8 Å². The normalized spacial score (nSPS) is 18.1. The van der Waals surface area contributed by atoms with E-state index in [1.807, 2.05) is 25.1 Å². The Balaban J connectivity index is 1.96. The minimum atomic E-state index is -0.879. The fraction of sp³-hybridized carbons (Fsp3) is 0.0833. The first-order chi connectivity index (χ1) is 14.4. The zero-order chi connectivity index (χ0) is 21.4. The van der Waals surface area contributed by atoms with Gasteiger partial charge in [0.1, 0.15) is 11.6 Å². The molecule has 0 aliphatic carbocycles. The number of carbonyl (C=O) groups is 2. The summed E-state index contributed by atoms with van der Waals surface area (Å²) in [6, 6.07) is 18.8. The molecule has 1 heterocycles. The van der Waals surface area contributed by atoms with Crippen molar-refractivity contribution in [3.05, 3.63) is 105 Å². The number of aliphatic hydroxyl groups is 1. The molecule has 6 heteroatoms. The molecular formula is C24H17BrFNO3. The minimum Gasteiger partial charge on any atom is -0.507 e. The third-order valence-corrected chi connectivity index (χ3v) is 5.53. The number of hydrogen-bond donors (Lipinski definition) is 1. The maximum absolute atomic E-state index is 13.9. The van der Waals surface area contributed by atoms with Gasteiger partial charge in [0, 0.05) is 15.7 Å². The highest BCUT2D eigenvalue weighted by Crippen LogP contribution is 2.42. The maximum Gasteiger partial charge on any atom is 0.300 e. The van der Waals surface area contributed by atoms with Gasteiger partial charge < -0.3 is 5.11 Å². The summed E-state index contributed by atoms with van der Waals surface area (Å²) in [5.41, 5.74) is 2.21. The van der Waals surface area contributed by atoms with Crippen molar-refractivity contribution < 1.29 is 19.1 Å². The molecule has 1 fully saturated rings. The summed E-state index contributed by atoms with van der Waals surface area (Å²) >= 11 is 3.34. The largest absolute Gasteiger partial charge is 0.507 e. The van der Waals surface area contributed by atoms with E-state index in [0.717, 1.165) is 10.0 Å². The Morgan fingerprint density at radius 3 is 2.37 bits per heavy atom. The summed E-state index contributed by atoms with van der Waals surface area (Å²) in [4.78, 5) is 27.2. The number of benzene rings is 3. The monoisotopic (exact) mass is 465 g/mol. The quantitative estimate of drug-likeness (QED) is 0.314. The van der Waals surface area contributed by atoms with Crippen molar-refractivity contribution in [1.29, 1.82) is 0 Å². The highest BCUT2D eigenvalue weighted by atomic mass is 79.9. The Hall–Kier alpha value is -3.25. The van der Waals surface area contributed by atoms with E-state index in [1.54, 1.807) is 36.4 Å². The van der Waals surface area contributed by atoms with E-state index in [2.05, 4.69) is 15.9 Å². The van der Waals surface area contributed by atoms with Crippen LogP contribution in [-0.2, 0) is 9.59 Å². The van der Waals surface area contributed by atoms with Crippen LogP contribution in [0.1, 0.15) is 22.7 Å². The van der Waals surface area contributed by atoms with Gasteiger partial charge in [0.25, 0.3) is 11.7 Å². The molecule has 150 valence electrons. The van der Waals surface area contributed by atoms with Crippen molar-refractivity contribution in [1.82, 2.24) is 0 Å². The molecule has 1 atom stereocenters. The predicted molar refractivity (Wildman–Crippen MR) is 117 cm³/mol. The first kappa shape index (κ1) is 20.0. The molecular weight excluding hydrogens is 449 g/mol. The second-order valence-corrected chi connectivity index (χ2v) is 7.99. The van der Waals surface area contributed by atoms with Crippen molar-refractivity contribution >= 4 is 39.1 Å². The summed E-state index contributed by atoms with van der Waals surface area (Å²) in [7, 11) is 0. The SMILES string of the molecule is Cc1cccc(C2/C(=C(\O)c3ccc(Br)cc3)C(=O)C(=O)N2c2cccc(F)c2)c1. The first-order valence-electron chi connectivity index (χ1n) is 9.26. The number of halogens is 2. The Kier molecular flexibility index (Phi) is 5.26. The average molecular weight is 466 g/mol. The fourth-order valence-corrected chi connectivity index (χ4v) is 3.91. The van der Waals surface area contributed by atoms with Crippen molar-refractivity contribution in [2.75, 3.05) is 4.90 Å². The van der Waals surface area contributed by atoms with Crippen molar-refractivity contribution in [3.63, 3.8) is 0 Å². The number of aliphatic hydroxyl groups excluding tert-OH is 1. The number of aryl methyl sites for hydroxylation is 1. The number of anilines is 1. The molecule has 1 N–H and O–H groups in total. The van der Waals surface area contributed by atoms with Crippen LogP contribution in [-0.4, -0.2) is 16.8 Å². The Bertz CT molecular complexity index is 1190. The molecule has 0 spiro atoms. The second-order valence-electron chi connectivity index (χ2n) is 7.07. The summed E-state index contributed by atoms with van der Waals surface area (Å²) in [5.74, 6) is -2.42. The predicted octanol–water partition coefficient (Wildman–Crippen LogP) is 5.52. The van der Waals surface area contributed by atoms with Crippen LogP contribution >= 0.6 is 15.9 Å². The molecule has 30 heavy (non-hydrogen) atoms. The summed E-state index contributed by atoms with van der Waals surface area (Å²) < 4.78 is 14.7. The molecule has 4 nitrogen and oxygen atoms in total. The molecule has 0 aromatic heterocycles. The van der Waals surface area contributed by atoms with E-state index in [1.165, 1.54) is 23.1 Å². The van der Waals surface area contributed by atoms with Gasteiger partial charge >= 0.3 is 0 Å². The number of carbonyl (C=O) groups excluding carboxylic acids is 2. The van der Waals surface area contributed by atoms with E-state index in [9.17, 15) is 19.1 Å². The van der Waals surface area contributed by atoms with Gasteiger partial charge in [-0.25, -0.2) is 4.39 Å². The first-order valence-corrected chi connectivity index (χ1v) is 10.0. The summed E-state index contributed by atoms with van der Waals surface area (Å²) in [6.07, 6.45) is 0. The van der Waals surface area contributed by atoms with Crippen LogP contribution in [0.25, 0.3) is 5.76 Å². The highest BCUT2D eigenvalue weighted by molar-refractivity contribution is 9.10. The third kappa shape index (κ3) is 3.55. The number of hydrogen-bond acceptors (Lipinski definition) is 3. The van der Waals surface area contributed by atoms with Gasteiger partial charge in [0.05, 0.1) is 11.6 Å². The molecule has 3 aromatic rings. The zero-order valence-corrected chi connectivity index (χ0v) is 17.6. The van der Waals surface area contributed by atoms with Gasteiger partial charge in [-0.1, -0.05) is 64.0 Å². The Labute approximate surface area is 181 Å². The standard InChI is InChI=1S/C24H17BrFNO3/c1-14-4-2-5-16(12-14)21-20(22(28)15-8-10-17(25)11-9-15)23(29)24(30)27(21)19-7-3-6-18(26)13-19/h2-13,21,28H,1H3/b22-20+. The topological polar surface area (TPSA) is 57.6 Å². The molecule has 1 unspecified atom stereocenters. The van der Waals surface area contributed by atoms with Crippen LogP contribution in [0.4, 0.5) is 10.1 Å². The van der Waals surface area contributed by atoms with Gasteiger partial charge in [-0.3, -0.25) is 14.5 Å². The van der Waals surface area contributed by atoms with E-state index < -0.39 is 23.5 Å². The van der Waals surface area contributed by atoms with Crippen molar-refractivity contribution in [3.8, 4) is 0 Å². The maximum atomic E-state index is 13.9. The van der Waals surface area contributed by atoms with E-state index in [-0.39, 0.29) is 17.0 Å². The van der Waals surface area contributed by atoms with Gasteiger partial charge in [0.15, 0.2) is 0 Å². The summed E-state index contributed by atoms with van der Waals surface area (Å²) in [5, 5.41) is 11.0. The lowest BCUT2D eigenvalue weighted by Crippen LogP contribution is -2.29. The van der Waals surface area contributed by atoms with E-state index >= 15 is 0 Å². The number of Topliss-reactive ketones (excluding diaryl/α,β-unsaturated/α-hetero) is 1. The van der Waals surface area contributed by atoms with Gasteiger partial charge in [-0.2, -0.15) is 0 Å². The highest BCUT2D eigenvalue weighted by Gasteiger charge is 2.47. The molecule has 1 aliphatic heterocycles. The van der Waals surface area contributed by atoms with Gasteiger partial charge in [-0.15, -0.1) is 0 Å². The number of amides is 1. The number of ketones is 1. The third-order valence-electron chi connectivity index (χ3n) is 5.01. The van der Waals surface area contributed by atoms with Crippen LogP contribution in [0, 0.1) is 12.7 Å². The van der Waals surface area contributed by atoms with Crippen LogP contribution in [0.2, 0.25) is 0 Å². The molecule has 1 aliphatic rings. The lowest BCUT2D eigenvalue weighted by molar-refractivity contribution is -0.132. The lowest BCUT2D eigenvalue weighted by atomic mass is 9.94. The minimum absolute atomic E-state index is 0.0304. The zero-order valence-electron chi connectivity index (χ0n) is 16.0. The molecule has 4 rings (SSSR count). The average Bonchev–Trinajstić information content (AvgIpc) is 2.99. The Morgan fingerprint density at radius 1 is 1.00 bits per heavy atom. The smallest absolute Gasteiger partial charge is 0.300 e.